The number of para-hydroxylation sites is 1. The van der Waals surface area contributed by atoms with Gasteiger partial charge in [-0.05, 0) is 17.5 Å². The number of benzene rings is 1. The first-order chi connectivity index (χ1) is 9.13. The molecule has 4 nitrogen and oxygen atoms in total. The zero-order valence-electron chi connectivity index (χ0n) is 11.1. The summed E-state index contributed by atoms with van der Waals surface area (Å²) in [7, 11) is 0. The van der Waals surface area contributed by atoms with E-state index >= 15 is 0 Å². The summed E-state index contributed by atoms with van der Waals surface area (Å²) >= 11 is 0. The Kier molecular flexibility index (Phi) is 3.86. The maximum atomic E-state index is 12.0. The van der Waals surface area contributed by atoms with Crippen LogP contribution in [0.3, 0.4) is 0 Å². The third-order valence-corrected chi connectivity index (χ3v) is 2.80. The Bertz CT molecular complexity index is 635. The molecule has 0 aliphatic rings. The molecular weight excluding hydrogens is 240 g/mol. The number of carbonyl (C=O) groups is 1. The number of aromatic nitrogens is 1. The van der Waals surface area contributed by atoms with Crippen molar-refractivity contribution in [3.63, 3.8) is 0 Å². The molecule has 98 valence electrons. The second-order valence-electron chi connectivity index (χ2n) is 4.85. The smallest absolute Gasteiger partial charge is 0.418 e. The van der Waals surface area contributed by atoms with Gasteiger partial charge in [0.25, 0.3) is 0 Å². The molecule has 0 atom stereocenters. The first-order valence-electron chi connectivity index (χ1n) is 6.26. The SMILES string of the molecule is CC(C)COC(=O)n1cc(CC#N)c2ccccc21. The van der Waals surface area contributed by atoms with Gasteiger partial charge in [0.15, 0.2) is 0 Å². The van der Waals surface area contributed by atoms with Crippen LogP contribution in [0.25, 0.3) is 10.9 Å². The van der Waals surface area contributed by atoms with Crippen LogP contribution < -0.4 is 0 Å². The van der Waals surface area contributed by atoms with Crippen LogP contribution in [0.2, 0.25) is 0 Å². The highest BCUT2D eigenvalue weighted by Crippen LogP contribution is 2.22. The lowest BCUT2D eigenvalue weighted by Gasteiger charge is -2.08. The van der Waals surface area contributed by atoms with Crippen molar-refractivity contribution in [3.05, 3.63) is 36.0 Å². The molecule has 4 heteroatoms. The van der Waals surface area contributed by atoms with Gasteiger partial charge < -0.3 is 4.74 Å². The summed E-state index contributed by atoms with van der Waals surface area (Å²) in [6, 6.07) is 9.64. The lowest BCUT2D eigenvalue weighted by Crippen LogP contribution is -2.15. The minimum absolute atomic E-state index is 0.283. The standard InChI is InChI=1S/C15H16N2O2/c1-11(2)10-19-15(18)17-9-12(7-8-16)13-5-3-4-6-14(13)17/h3-6,9,11H,7,10H2,1-2H3. The number of carbonyl (C=O) groups excluding carboxylic acids is 1. The van der Waals surface area contributed by atoms with Crippen molar-refractivity contribution in [2.75, 3.05) is 6.61 Å². The fourth-order valence-corrected chi connectivity index (χ4v) is 1.93. The minimum atomic E-state index is -0.394. The molecule has 0 aliphatic carbocycles. The quantitative estimate of drug-likeness (QED) is 0.846. The average molecular weight is 256 g/mol. The molecule has 0 unspecified atom stereocenters. The molecule has 1 aromatic heterocycles. The second-order valence-corrected chi connectivity index (χ2v) is 4.85. The van der Waals surface area contributed by atoms with Crippen molar-refractivity contribution in [1.82, 2.24) is 4.57 Å². The number of nitriles is 1. The fraction of sp³-hybridized carbons (Fsp3) is 0.333. The lowest BCUT2D eigenvalue weighted by atomic mass is 10.1. The Labute approximate surface area is 112 Å². The summed E-state index contributed by atoms with van der Waals surface area (Å²) in [5.41, 5.74) is 1.63. The molecule has 0 aliphatic heterocycles. The summed E-state index contributed by atoms with van der Waals surface area (Å²) in [5, 5.41) is 9.75. The predicted molar refractivity (Wildman–Crippen MR) is 72.8 cm³/mol. The van der Waals surface area contributed by atoms with E-state index in [0.29, 0.717) is 12.5 Å². The Morgan fingerprint density at radius 2 is 2.16 bits per heavy atom. The van der Waals surface area contributed by atoms with E-state index in [4.69, 9.17) is 10.00 Å². The van der Waals surface area contributed by atoms with Gasteiger partial charge in [-0.2, -0.15) is 5.26 Å². The maximum absolute atomic E-state index is 12.0. The zero-order valence-corrected chi connectivity index (χ0v) is 11.1. The molecule has 0 amide bonds. The number of rotatable bonds is 3. The number of nitrogens with zero attached hydrogens (tertiary/aromatic N) is 2. The van der Waals surface area contributed by atoms with Crippen molar-refractivity contribution in [2.45, 2.75) is 20.3 Å². The van der Waals surface area contributed by atoms with Crippen molar-refractivity contribution in [3.8, 4) is 6.07 Å². The van der Waals surface area contributed by atoms with E-state index in [1.165, 1.54) is 4.57 Å². The molecule has 2 rings (SSSR count). The molecule has 1 heterocycles. The van der Waals surface area contributed by atoms with Crippen molar-refractivity contribution in [2.24, 2.45) is 5.92 Å². The average Bonchev–Trinajstić information content (AvgIpc) is 2.76. The van der Waals surface area contributed by atoms with Crippen LogP contribution in [0, 0.1) is 17.2 Å². The van der Waals surface area contributed by atoms with Gasteiger partial charge in [-0.3, -0.25) is 4.57 Å². The van der Waals surface area contributed by atoms with Gasteiger partial charge >= 0.3 is 6.09 Å². The van der Waals surface area contributed by atoms with Crippen LogP contribution >= 0.6 is 0 Å². The van der Waals surface area contributed by atoms with Crippen LogP contribution in [0.15, 0.2) is 30.5 Å². The zero-order chi connectivity index (χ0) is 13.8. The van der Waals surface area contributed by atoms with Gasteiger partial charge in [0.2, 0.25) is 0 Å². The highest BCUT2D eigenvalue weighted by Gasteiger charge is 2.14. The molecule has 0 radical (unpaired) electrons. The lowest BCUT2D eigenvalue weighted by molar-refractivity contribution is 0.135. The molecule has 0 bridgehead atoms. The summed E-state index contributed by atoms with van der Waals surface area (Å²) in [6.07, 6.45) is 1.58. The van der Waals surface area contributed by atoms with E-state index in [9.17, 15) is 4.79 Å². The van der Waals surface area contributed by atoms with Gasteiger partial charge in [-0.25, -0.2) is 4.79 Å². The van der Waals surface area contributed by atoms with Gasteiger partial charge in [-0.1, -0.05) is 32.0 Å². The normalized spacial score (nSPS) is 10.6. The van der Waals surface area contributed by atoms with E-state index in [0.717, 1.165) is 16.5 Å². The van der Waals surface area contributed by atoms with Crippen LogP contribution in [0.4, 0.5) is 4.79 Å². The second kappa shape index (κ2) is 5.57. The Hall–Kier alpha value is -2.28. The molecule has 1 aromatic carbocycles. The highest BCUT2D eigenvalue weighted by atomic mass is 16.5. The van der Waals surface area contributed by atoms with Gasteiger partial charge in [0.05, 0.1) is 24.6 Å². The summed E-state index contributed by atoms with van der Waals surface area (Å²) in [6.45, 7) is 4.36. The first-order valence-corrected chi connectivity index (χ1v) is 6.26. The van der Waals surface area contributed by atoms with E-state index in [1.807, 2.05) is 38.1 Å². The number of fused-ring (bicyclic) bond motifs is 1. The Morgan fingerprint density at radius 1 is 1.42 bits per heavy atom. The van der Waals surface area contributed by atoms with Crippen molar-refractivity contribution in [1.29, 1.82) is 5.26 Å². The molecule has 0 saturated carbocycles. The van der Waals surface area contributed by atoms with Crippen molar-refractivity contribution < 1.29 is 9.53 Å². The van der Waals surface area contributed by atoms with Crippen LogP contribution in [-0.2, 0) is 11.2 Å². The number of ether oxygens (including phenoxy) is 1. The summed E-state index contributed by atoms with van der Waals surface area (Å²) in [4.78, 5) is 12.0. The highest BCUT2D eigenvalue weighted by molar-refractivity contribution is 5.92. The van der Waals surface area contributed by atoms with E-state index in [1.54, 1.807) is 6.20 Å². The summed E-state index contributed by atoms with van der Waals surface area (Å²) < 4.78 is 6.71. The monoisotopic (exact) mass is 256 g/mol. The molecule has 0 N–H and O–H groups in total. The van der Waals surface area contributed by atoms with Gasteiger partial charge in [0.1, 0.15) is 0 Å². The summed E-state index contributed by atoms with van der Waals surface area (Å²) in [5.74, 6) is 0.296. The van der Waals surface area contributed by atoms with Crippen LogP contribution in [-0.4, -0.2) is 17.3 Å². The third-order valence-electron chi connectivity index (χ3n) is 2.80. The first kappa shape index (κ1) is 13.2. The third kappa shape index (κ3) is 2.76. The molecule has 0 spiro atoms. The fourth-order valence-electron chi connectivity index (χ4n) is 1.93. The Morgan fingerprint density at radius 3 is 2.84 bits per heavy atom. The molecular formula is C15H16N2O2. The topological polar surface area (TPSA) is 55.0 Å². The number of hydrogen-bond donors (Lipinski definition) is 0. The minimum Gasteiger partial charge on any atom is -0.449 e. The molecule has 0 fully saturated rings. The van der Waals surface area contributed by atoms with E-state index in [-0.39, 0.29) is 6.42 Å². The molecule has 19 heavy (non-hydrogen) atoms. The van der Waals surface area contributed by atoms with Gasteiger partial charge in [-0.15, -0.1) is 0 Å². The van der Waals surface area contributed by atoms with Crippen LogP contribution in [0.5, 0.6) is 0 Å². The van der Waals surface area contributed by atoms with Gasteiger partial charge in [0, 0.05) is 11.6 Å². The number of hydrogen-bond acceptors (Lipinski definition) is 3. The predicted octanol–water partition coefficient (Wildman–Crippen LogP) is 3.35. The largest absolute Gasteiger partial charge is 0.449 e. The Balaban J connectivity index is 2.38. The van der Waals surface area contributed by atoms with E-state index < -0.39 is 6.09 Å². The van der Waals surface area contributed by atoms with E-state index in [2.05, 4.69) is 6.07 Å². The molecule has 2 aromatic rings. The maximum Gasteiger partial charge on any atom is 0.418 e. The molecule has 0 saturated heterocycles. The van der Waals surface area contributed by atoms with Crippen LogP contribution in [0.1, 0.15) is 19.4 Å². The van der Waals surface area contributed by atoms with Crippen molar-refractivity contribution >= 4 is 17.0 Å².